The van der Waals surface area contributed by atoms with E-state index in [1.54, 1.807) is 14.2 Å². The minimum Gasteiger partial charge on any atom is -0.398 e. The molecular formula is C21H27ClN4O2. The second-order valence-corrected chi connectivity index (χ2v) is 7.23. The Morgan fingerprint density at radius 3 is 2.46 bits per heavy atom. The van der Waals surface area contributed by atoms with Crippen molar-refractivity contribution in [2.24, 2.45) is 0 Å². The molecule has 0 aliphatic rings. The molecule has 6 nitrogen and oxygen atoms in total. The number of aryl methyl sites for hydroxylation is 1. The van der Waals surface area contributed by atoms with Crippen molar-refractivity contribution < 1.29 is 9.47 Å². The van der Waals surface area contributed by atoms with Crippen LogP contribution in [0, 0.1) is 6.92 Å². The first-order valence-corrected chi connectivity index (χ1v) is 9.64. The first-order valence-electron chi connectivity index (χ1n) is 9.26. The first-order chi connectivity index (χ1) is 13.5. The van der Waals surface area contributed by atoms with E-state index in [4.69, 9.17) is 31.8 Å². The van der Waals surface area contributed by atoms with Gasteiger partial charge in [0.2, 0.25) is 0 Å². The Morgan fingerprint density at radius 2 is 1.82 bits per heavy atom. The van der Waals surface area contributed by atoms with Crippen LogP contribution in [0.4, 0.5) is 5.69 Å². The zero-order valence-corrected chi connectivity index (χ0v) is 17.4. The van der Waals surface area contributed by atoms with Gasteiger partial charge in [-0.15, -0.1) is 0 Å². The smallest absolute Gasteiger partial charge is 0.137 e. The molecule has 0 atom stereocenters. The fraction of sp³-hybridized carbons (Fsp3) is 0.381. The number of halogens is 1. The summed E-state index contributed by atoms with van der Waals surface area (Å²) in [7, 11) is 3.43. The lowest BCUT2D eigenvalue weighted by molar-refractivity contribution is 0.109. The molecule has 1 aromatic carbocycles. The third-order valence-electron chi connectivity index (χ3n) is 4.77. The molecule has 0 bridgehead atoms. The Balaban J connectivity index is 2.06. The molecule has 0 saturated carbocycles. The number of benzene rings is 1. The molecule has 2 heterocycles. The lowest BCUT2D eigenvalue weighted by Crippen LogP contribution is -2.31. The Morgan fingerprint density at radius 1 is 1.11 bits per heavy atom. The lowest BCUT2D eigenvalue weighted by Gasteiger charge is -2.22. The molecule has 150 valence electrons. The molecule has 3 aromatic rings. The number of hydrogen-bond acceptors (Lipinski definition) is 5. The van der Waals surface area contributed by atoms with Gasteiger partial charge in [0.15, 0.2) is 0 Å². The average Bonchev–Trinajstić information content (AvgIpc) is 3.03. The van der Waals surface area contributed by atoms with E-state index in [0.29, 0.717) is 25.4 Å². The Labute approximate surface area is 170 Å². The van der Waals surface area contributed by atoms with Crippen LogP contribution >= 0.6 is 11.6 Å². The topological polar surface area (TPSA) is 65.0 Å². The number of nitrogen functional groups attached to an aromatic ring is 1. The van der Waals surface area contributed by atoms with Gasteiger partial charge in [0.1, 0.15) is 5.65 Å². The van der Waals surface area contributed by atoms with E-state index in [1.807, 2.05) is 37.4 Å². The van der Waals surface area contributed by atoms with Crippen LogP contribution in [0.5, 0.6) is 0 Å². The Bertz CT molecular complexity index is 934. The van der Waals surface area contributed by atoms with E-state index < -0.39 is 0 Å². The number of imidazole rings is 1. The highest BCUT2D eigenvalue weighted by molar-refractivity contribution is 6.31. The molecular weight excluding hydrogens is 376 g/mol. The van der Waals surface area contributed by atoms with Crippen LogP contribution in [0.3, 0.4) is 0 Å². The Kier molecular flexibility index (Phi) is 6.91. The van der Waals surface area contributed by atoms with Crippen LogP contribution in [0.2, 0.25) is 5.02 Å². The second-order valence-electron chi connectivity index (χ2n) is 6.82. The summed E-state index contributed by atoms with van der Waals surface area (Å²) >= 11 is 6.23. The summed E-state index contributed by atoms with van der Waals surface area (Å²) in [4.78, 5) is 7.18. The predicted octanol–water partition coefficient (Wildman–Crippen LogP) is 3.64. The predicted molar refractivity (Wildman–Crippen MR) is 114 cm³/mol. The molecule has 0 spiro atoms. The van der Waals surface area contributed by atoms with Gasteiger partial charge in [-0.2, -0.15) is 0 Å². The molecule has 2 aromatic heterocycles. The maximum absolute atomic E-state index is 6.23. The number of rotatable bonds is 9. The van der Waals surface area contributed by atoms with Gasteiger partial charge in [-0.1, -0.05) is 17.7 Å². The van der Waals surface area contributed by atoms with E-state index in [-0.39, 0.29) is 0 Å². The van der Waals surface area contributed by atoms with Crippen molar-refractivity contribution in [1.29, 1.82) is 0 Å². The molecule has 3 rings (SSSR count). The Hall–Kier alpha value is -2.12. The van der Waals surface area contributed by atoms with Crippen molar-refractivity contribution >= 4 is 22.9 Å². The van der Waals surface area contributed by atoms with E-state index in [1.165, 1.54) is 0 Å². The molecule has 0 aliphatic carbocycles. The SMILES string of the molecule is COCCN(CCOC)Cc1c(-c2ccc(Cl)c(C)c2)nc2ccc(N)cn12. The second kappa shape index (κ2) is 9.39. The van der Waals surface area contributed by atoms with Gasteiger partial charge < -0.3 is 19.6 Å². The summed E-state index contributed by atoms with van der Waals surface area (Å²) in [6, 6.07) is 9.82. The number of pyridine rings is 1. The number of fused-ring (bicyclic) bond motifs is 1. The van der Waals surface area contributed by atoms with E-state index in [9.17, 15) is 0 Å². The van der Waals surface area contributed by atoms with Crippen molar-refractivity contribution in [3.63, 3.8) is 0 Å². The number of nitrogens with zero attached hydrogens (tertiary/aromatic N) is 3. The summed E-state index contributed by atoms with van der Waals surface area (Å²) in [5.74, 6) is 0. The molecule has 28 heavy (non-hydrogen) atoms. The highest BCUT2D eigenvalue weighted by Crippen LogP contribution is 2.29. The molecule has 0 saturated heterocycles. The van der Waals surface area contributed by atoms with Gasteiger partial charge in [0.05, 0.1) is 24.6 Å². The largest absolute Gasteiger partial charge is 0.398 e. The normalized spacial score (nSPS) is 11.6. The number of hydrogen-bond donors (Lipinski definition) is 1. The number of anilines is 1. The van der Waals surface area contributed by atoms with E-state index >= 15 is 0 Å². The van der Waals surface area contributed by atoms with E-state index in [2.05, 4.69) is 15.4 Å². The molecule has 0 amide bonds. The van der Waals surface area contributed by atoms with Gasteiger partial charge in [-0.05, 0) is 36.8 Å². The first kappa shape index (κ1) is 20.6. The summed E-state index contributed by atoms with van der Waals surface area (Å²) in [5.41, 5.74) is 11.7. The molecule has 0 unspecified atom stereocenters. The summed E-state index contributed by atoms with van der Waals surface area (Å²) < 4.78 is 12.6. The highest BCUT2D eigenvalue weighted by atomic mass is 35.5. The number of aromatic nitrogens is 2. The van der Waals surface area contributed by atoms with Crippen molar-refractivity contribution in [3.8, 4) is 11.3 Å². The maximum Gasteiger partial charge on any atom is 0.137 e. The van der Waals surface area contributed by atoms with Crippen LogP contribution in [0.25, 0.3) is 16.9 Å². The van der Waals surface area contributed by atoms with Crippen molar-refractivity contribution in [1.82, 2.24) is 14.3 Å². The van der Waals surface area contributed by atoms with Gasteiger partial charge >= 0.3 is 0 Å². The van der Waals surface area contributed by atoms with Gasteiger partial charge in [0.25, 0.3) is 0 Å². The quantitative estimate of drug-likeness (QED) is 0.592. The summed E-state index contributed by atoms with van der Waals surface area (Å²) in [6.07, 6.45) is 1.93. The maximum atomic E-state index is 6.23. The van der Waals surface area contributed by atoms with Crippen molar-refractivity contribution in [3.05, 3.63) is 52.8 Å². The van der Waals surface area contributed by atoms with Crippen LogP contribution in [0.15, 0.2) is 36.5 Å². The number of nitrogens with two attached hydrogens (primary N) is 1. The highest BCUT2D eigenvalue weighted by Gasteiger charge is 2.18. The van der Waals surface area contributed by atoms with Gasteiger partial charge in [-0.25, -0.2) is 4.98 Å². The molecule has 0 aliphatic heterocycles. The fourth-order valence-corrected chi connectivity index (χ4v) is 3.32. The summed E-state index contributed by atoms with van der Waals surface area (Å²) in [5, 5.41) is 0.750. The monoisotopic (exact) mass is 402 g/mol. The van der Waals surface area contributed by atoms with E-state index in [0.717, 1.165) is 46.3 Å². The van der Waals surface area contributed by atoms with Crippen LogP contribution in [-0.4, -0.2) is 54.8 Å². The third kappa shape index (κ3) is 4.64. The molecule has 7 heteroatoms. The van der Waals surface area contributed by atoms with Crippen LogP contribution in [-0.2, 0) is 16.0 Å². The van der Waals surface area contributed by atoms with Crippen LogP contribution in [0.1, 0.15) is 11.3 Å². The minimum atomic E-state index is 0.651. The van der Waals surface area contributed by atoms with Crippen molar-refractivity contribution in [2.75, 3.05) is 46.3 Å². The van der Waals surface area contributed by atoms with Gasteiger partial charge in [-0.3, -0.25) is 4.90 Å². The standard InChI is InChI=1S/C21H27ClN4O2/c1-15-12-16(4-6-18(15)22)21-19(14-25(8-10-27-2)9-11-28-3)26-13-17(23)5-7-20(26)24-21/h4-7,12-13H,8-11,14,23H2,1-3H3. The molecule has 0 radical (unpaired) electrons. The summed E-state index contributed by atoms with van der Waals surface area (Å²) in [6.45, 7) is 5.61. The average molecular weight is 403 g/mol. The molecule has 2 N–H and O–H groups in total. The van der Waals surface area contributed by atoms with Crippen LogP contribution < -0.4 is 5.73 Å². The lowest BCUT2D eigenvalue weighted by atomic mass is 10.1. The number of ether oxygens (including phenoxy) is 2. The number of methoxy groups -OCH3 is 2. The fourth-order valence-electron chi connectivity index (χ4n) is 3.21. The van der Waals surface area contributed by atoms with Crippen molar-refractivity contribution in [2.45, 2.75) is 13.5 Å². The molecule has 0 fully saturated rings. The zero-order valence-electron chi connectivity index (χ0n) is 16.6. The third-order valence-corrected chi connectivity index (χ3v) is 5.19. The van der Waals surface area contributed by atoms with Gasteiger partial charge in [0, 0.05) is 56.3 Å². The zero-order chi connectivity index (χ0) is 20.1. The minimum absolute atomic E-state index is 0.651.